The van der Waals surface area contributed by atoms with E-state index in [4.69, 9.17) is 0 Å². The van der Waals surface area contributed by atoms with E-state index in [9.17, 15) is 10.2 Å². The molecule has 0 bridgehead atoms. The van der Waals surface area contributed by atoms with Crippen molar-refractivity contribution in [2.45, 2.75) is 71.1 Å². The first-order valence-electron chi connectivity index (χ1n) is 10.4. The van der Waals surface area contributed by atoms with E-state index >= 15 is 0 Å². The minimum absolute atomic E-state index is 0.219. The fourth-order valence-corrected chi connectivity index (χ4v) is 6.22. The first kappa shape index (κ1) is 19.5. The fourth-order valence-electron chi connectivity index (χ4n) is 4.57. The van der Waals surface area contributed by atoms with Gasteiger partial charge in [0, 0.05) is 28.5 Å². The molecular weight excluding hydrogens is 366 g/mol. The molecule has 0 aromatic carbocycles. The molecule has 4 rings (SSSR count). The van der Waals surface area contributed by atoms with Gasteiger partial charge in [-0.3, -0.25) is 0 Å². The Bertz CT molecular complexity index is 914. The SMILES string of the molecule is Cc1c([N+](CC2CC2)=C2C=CC(=C(O)O)C=C2)sc2c1C(C)(C)CCC2(C)C. The van der Waals surface area contributed by atoms with Crippen LogP contribution in [0.1, 0.15) is 69.4 Å². The number of aliphatic hydroxyl groups excluding tert-OH is 1. The molecule has 3 nitrogen and oxygen atoms in total. The summed E-state index contributed by atoms with van der Waals surface area (Å²) >= 11 is 1.98. The number of aliphatic hydroxyl groups is 2. The van der Waals surface area contributed by atoms with Gasteiger partial charge in [-0.05, 0) is 61.2 Å². The molecule has 1 fully saturated rings. The standard InChI is InChI=1S/C24H31NO2S/c1-15-19-20(24(4,5)13-12-23(19,2)3)28-21(15)25(14-16-6-7-16)18-10-8-17(9-11-18)22(26)27/h8-11,16H,6-7,12-14H2,1-5H3,(H,26,27)/p+1. The Kier molecular flexibility index (Phi) is 4.61. The Morgan fingerprint density at radius 3 is 2.18 bits per heavy atom. The van der Waals surface area contributed by atoms with Crippen molar-refractivity contribution in [1.29, 1.82) is 0 Å². The molecule has 1 aromatic heterocycles. The summed E-state index contributed by atoms with van der Waals surface area (Å²) < 4.78 is 2.47. The minimum Gasteiger partial charge on any atom is -0.481 e. The second-order valence-electron chi connectivity index (χ2n) is 9.93. The summed E-state index contributed by atoms with van der Waals surface area (Å²) in [5, 5.41) is 20.1. The van der Waals surface area contributed by atoms with Gasteiger partial charge in [-0.2, -0.15) is 4.58 Å². The van der Waals surface area contributed by atoms with Crippen molar-refractivity contribution in [2.75, 3.05) is 6.54 Å². The first-order valence-corrected chi connectivity index (χ1v) is 11.2. The van der Waals surface area contributed by atoms with E-state index in [0.717, 1.165) is 18.2 Å². The van der Waals surface area contributed by atoms with Crippen molar-refractivity contribution in [3.8, 4) is 0 Å². The van der Waals surface area contributed by atoms with Gasteiger partial charge >= 0.3 is 0 Å². The maximum atomic E-state index is 9.36. The predicted octanol–water partition coefficient (Wildman–Crippen LogP) is 6.35. The van der Waals surface area contributed by atoms with Gasteiger partial charge in [-0.25, -0.2) is 0 Å². The molecule has 1 heterocycles. The number of nitrogens with zero attached hydrogens (tertiary/aromatic N) is 1. The van der Waals surface area contributed by atoms with Crippen LogP contribution < -0.4 is 0 Å². The number of allylic oxidation sites excluding steroid dienone is 5. The highest BCUT2D eigenvalue weighted by molar-refractivity contribution is 7.15. The van der Waals surface area contributed by atoms with Gasteiger partial charge in [0.15, 0.2) is 6.54 Å². The van der Waals surface area contributed by atoms with E-state index < -0.39 is 5.95 Å². The zero-order valence-electron chi connectivity index (χ0n) is 17.7. The maximum absolute atomic E-state index is 9.36. The third-order valence-corrected chi connectivity index (χ3v) is 8.29. The van der Waals surface area contributed by atoms with Gasteiger partial charge in [-0.1, -0.05) is 39.0 Å². The van der Waals surface area contributed by atoms with Crippen LogP contribution in [-0.2, 0) is 10.8 Å². The van der Waals surface area contributed by atoms with Gasteiger partial charge in [0.1, 0.15) is 0 Å². The zero-order chi connectivity index (χ0) is 20.3. The highest BCUT2D eigenvalue weighted by Gasteiger charge is 2.43. The minimum atomic E-state index is -0.619. The van der Waals surface area contributed by atoms with E-state index in [-0.39, 0.29) is 10.8 Å². The molecule has 1 saturated carbocycles. The van der Waals surface area contributed by atoms with Gasteiger partial charge in [0.25, 0.3) is 10.9 Å². The topological polar surface area (TPSA) is 43.5 Å². The molecule has 28 heavy (non-hydrogen) atoms. The summed E-state index contributed by atoms with van der Waals surface area (Å²) in [4.78, 5) is 1.55. The predicted molar refractivity (Wildman–Crippen MR) is 117 cm³/mol. The normalized spacial score (nSPS) is 22.3. The quantitative estimate of drug-likeness (QED) is 0.460. The molecule has 0 aliphatic heterocycles. The summed E-state index contributed by atoms with van der Waals surface area (Å²) in [6.07, 6.45) is 12.7. The Labute approximate surface area is 172 Å². The maximum Gasteiger partial charge on any atom is 0.281 e. The number of hydrogen-bond acceptors (Lipinski definition) is 3. The molecule has 0 atom stereocenters. The molecule has 2 N–H and O–H groups in total. The number of fused-ring (bicyclic) bond motifs is 1. The molecule has 1 aromatic rings. The largest absolute Gasteiger partial charge is 0.481 e. The Hall–Kier alpha value is -1.81. The van der Waals surface area contributed by atoms with Crippen molar-refractivity contribution in [2.24, 2.45) is 5.92 Å². The van der Waals surface area contributed by atoms with Crippen LogP contribution in [0.5, 0.6) is 0 Å². The van der Waals surface area contributed by atoms with Crippen LogP contribution in [0.3, 0.4) is 0 Å². The lowest BCUT2D eigenvalue weighted by atomic mass is 9.66. The number of thiophene rings is 1. The Balaban J connectivity index is 1.87. The van der Waals surface area contributed by atoms with E-state index in [1.54, 1.807) is 22.6 Å². The number of rotatable bonds is 3. The Morgan fingerprint density at radius 2 is 1.64 bits per heavy atom. The summed E-state index contributed by atoms with van der Waals surface area (Å²) in [7, 11) is 0. The molecule has 0 unspecified atom stereocenters. The molecular formula is C24H32NO2S+. The third kappa shape index (κ3) is 3.36. The van der Waals surface area contributed by atoms with Crippen LogP contribution in [-0.4, -0.2) is 27.0 Å². The van der Waals surface area contributed by atoms with Gasteiger partial charge < -0.3 is 10.2 Å². The molecule has 0 spiro atoms. The van der Waals surface area contributed by atoms with Crippen LogP contribution in [0.25, 0.3) is 0 Å². The average Bonchev–Trinajstić information content (AvgIpc) is 3.38. The summed E-state index contributed by atoms with van der Waals surface area (Å²) in [5.74, 6) is 0.142. The van der Waals surface area contributed by atoms with E-state index in [0.29, 0.717) is 5.57 Å². The average molecular weight is 399 g/mol. The first-order chi connectivity index (χ1) is 13.1. The van der Waals surface area contributed by atoms with E-state index in [1.165, 1.54) is 36.2 Å². The Morgan fingerprint density at radius 1 is 1.04 bits per heavy atom. The molecule has 150 valence electrons. The van der Waals surface area contributed by atoms with E-state index in [2.05, 4.69) is 39.2 Å². The van der Waals surface area contributed by atoms with Crippen molar-refractivity contribution in [1.82, 2.24) is 0 Å². The lowest BCUT2D eigenvalue weighted by molar-refractivity contribution is -0.439. The summed E-state index contributed by atoms with van der Waals surface area (Å²) in [5.41, 5.74) is 5.03. The van der Waals surface area contributed by atoms with Crippen LogP contribution in [0.15, 0.2) is 35.8 Å². The smallest absolute Gasteiger partial charge is 0.281 e. The van der Waals surface area contributed by atoms with Crippen molar-refractivity contribution in [3.05, 3.63) is 51.8 Å². The fraction of sp³-hybridized carbons (Fsp3) is 0.542. The van der Waals surface area contributed by atoms with Gasteiger partial charge in [0.05, 0.1) is 5.57 Å². The van der Waals surface area contributed by atoms with E-state index in [1.807, 2.05) is 23.5 Å². The van der Waals surface area contributed by atoms with Gasteiger partial charge in [0.2, 0.25) is 5.71 Å². The zero-order valence-corrected chi connectivity index (χ0v) is 18.5. The van der Waals surface area contributed by atoms with Crippen LogP contribution >= 0.6 is 11.3 Å². The molecule has 0 radical (unpaired) electrons. The summed E-state index contributed by atoms with van der Waals surface area (Å²) in [6, 6.07) is 0. The third-order valence-electron chi connectivity index (χ3n) is 6.61. The molecule has 0 amide bonds. The van der Waals surface area contributed by atoms with Crippen molar-refractivity contribution < 1.29 is 14.8 Å². The molecule has 0 saturated heterocycles. The van der Waals surface area contributed by atoms with Gasteiger partial charge in [-0.15, -0.1) is 0 Å². The molecule has 3 aliphatic carbocycles. The van der Waals surface area contributed by atoms with Crippen molar-refractivity contribution in [3.63, 3.8) is 0 Å². The molecule has 4 heteroatoms. The van der Waals surface area contributed by atoms with Crippen LogP contribution in [0.2, 0.25) is 0 Å². The highest BCUT2D eigenvalue weighted by Crippen LogP contribution is 2.53. The van der Waals surface area contributed by atoms with Crippen LogP contribution in [0.4, 0.5) is 5.00 Å². The van der Waals surface area contributed by atoms with Crippen LogP contribution in [0, 0.1) is 12.8 Å². The lowest BCUT2D eigenvalue weighted by Crippen LogP contribution is -2.32. The highest BCUT2D eigenvalue weighted by atomic mass is 32.1. The second-order valence-corrected chi connectivity index (χ2v) is 10.9. The molecule has 3 aliphatic rings. The summed E-state index contributed by atoms with van der Waals surface area (Å²) in [6.45, 7) is 12.9. The second kappa shape index (κ2) is 6.62. The lowest BCUT2D eigenvalue weighted by Gasteiger charge is -2.39. The number of hydrogen-bond donors (Lipinski definition) is 2. The monoisotopic (exact) mass is 398 g/mol. The van der Waals surface area contributed by atoms with Crippen molar-refractivity contribution >= 4 is 22.0 Å².